The quantitative estimate of drug-likeness (QED) is 0.620. The first-order valence-corrected chi connectivity index (χ1v) is 9.58. The van der Waals surface area contributed by atoms with E-state index < -0.39 is 0 Å². The molecule has 3 rings (SSSR count). The van der Waals surface area contributed by atoms with Crippen LogP contribution < -0.4 is 5.32 Å². The Labute approximate surface area is 149 Å². The highest BCUT2D eigenvalue weighted by molar-refractivity contribution is 7.78. The largest absolute Gasteiger partial charge is 0.349 e. The molecule has 0 atom stereocenters. The monoisotopic (exact) mass is 342 g/mol. The van der Waals surface area contributed by atoms with Crippen LogP contribution in [-0.2, 0) is 0 Å². The maximum Gasteiger partial charge on any atom is 0.251 e. The van der Waals surface area contributed by atoms with Gasteiger partial charge in [0.05, 0.1) is 11.2 Å². The molecular formula is C20H26N2OS. The Bertz CT molecular complexity index is 607. The molecule has 1 N–H and O–H groups in total. The summed E-state index contributed by atoms with van der Waals surface area (Å²) in [5, 5.41) is 5.49. The zero-order valence-electron chi connectivity index (χ0n) is 14.3. The third kappa shape index (κ3) is 4.12. The third-order valence-corrected chi connectivity index (χ3v) is 5.86. The number of rotatable bonds is 5. The zero-order valence-corrected chi connectivity index (χ0v) is 15.1. The number of nitrogens with zero attached hydrogens (tertiary/aromatic N) is 1. The predicted molar refractivity (Wildman–Crippen MR) is 101 cm³/mol. The van der Waals surface area contributed by atoms with E-state index in [1.54, 1.807) is 0 Å². The van der Waals surface area contributed by atoms with Gasteiger partial charge in [0.2, 0.25) is 0 Å². The summed E-state index contributed by atoms with van der Waals surface area (Å²) < 4.78 is 0. The van der Waals surface area contributed by atoms with Crippen LogP contribution in [0.3, 0.4) is 0 Å². The molecule has 0 aliphatic heterocycles. The molecule has 1 amide bonds. The second-order valence-electron chi connectivity index (χ2n) is 7.26. The summed E-state index contributed by atoms with van der Waals surface area (Å²) in [5.41, 5.74) is 2.14. The minimum atomic E-state index is 0.0195. The van der Waals surface area contributed by atoms with Crippen molar-refractivity contribution in [2.24, 2.45) is 10.9 Å². The molecule has 2 aliphatic rings. The fourth-order valence-corrected chi connectivity index (χ4v) is 4.11. The van der Waals surface area contributed by atoms with Crippen molar-refractivity contribution in [2.45, 2.75) is 69.9 Å². The molecule has 0 radical (unpaired) electrons. The van der Waals surface area contributed by atoms with E-state index in [2.05, 4.69) is 46.7 Å². The van der Waals surface area contributed by atoms with E-state index in [0.717, 1.165) is 24.3 Å². The first-order chi connectivity index (χ1) is 11.7. The van der Waals surface area contributed by atoms with E-state index in [9.17, 15) is 4.79 Å². The molecule has 4 heteroatoms. The summed E-state index contributed by atoms with van der Waals surface area (Å²) >= 11 is 4.61. The van der Waals surface area contributed by atoms with Crippen LogP contribution in [0, 0.1) is 5.92 Å². The fourth-order valence-electron chi connectivity index (χ4n) is 3.97. The Kier molecular flexibility index (Phi) is 5.80. The van der Waals surface area contributed by atoms with Crippen LogP contribution in [0.15, 0.2) is 29.3 Å². The molecule has 0 aromatic heterocycles. The molecular weight excluding hydrogens is 316 g/mol. The molecule has 2 fully saturated rings. The van der Waals surface area contributed by atoms with Gasteiger partial charge in [-0.25, -0.2) is 4.99 Å². The molecule has 0 unspecified atom stereocenters. The first kappa shape index (κ1) is 17.3. The third-order valence-electron chi connectivity index (χ3n) is 5.75. The van der Waals surface area contributed by atoms with Gasteiger partial charge in [-0.15, -0.1) is 0 Å². The highest BCUT2D eigenvalue weighted by Gasteiger charge is 2.30. The molecule has 3 nitrogen and oxygen atoms in total. The second-order valence-corrected chi connectivity index (χ2v) is 7.45. The SMILES string of the molecule is CCC1CCC(c2ccc(C(=O)NC3CC(N=C=S)C3)cc2)CC1. The lowest BCUT2D eigenvalue weighted by Gasteiger charge is -2.32. The molecule has 2 saturated carbocycles. The van der Waals surface area contributed by atoms with Crippen molar-refractivity contribution in [3.8, 4) is 0 Å². The molecule has 0 heterocycles. The van der Waals surface area contributed by atoms with Gasteiger partial charge in [0.15, 0.2) is 0 Å². The number of benzene rings is 1. The van der Waals surface area contributed by atoms with Crippen LogP contribution in [-0.4, -0.2) is 23.2 Å². The first-order valence-electron chi connectivity index (χ1n) is 9.17. The topological polar surface area (TPSA) is 41.5 Å². The van der Waals surface area contributed by atoms with Crippen molar-refractivity contribution in [1.82, 2.24) is 5.32 Å². The number of hydrogen-bond donors (Lipinski definition) is 1. The lowest BCUT2D eigenvalue weighted by molar-refractivity contribution is 0.0910. The van der Waals surface area contributed by atoms with Crippen LogP contribution in [0.25, 0.3) is 0 Å². The lowest BCUT2D eigenvalue weighted by Crippen LogP contribution is -2.46. The van der Waals surface area contributed by atoms with Gasteiger partial charge >= 0.3 is 0 Å². The molecule has 2 aliphatic carbocycles. The molecule has 24 heavy (non-hydrogen) atoms. The number of thiocarbonyl (C=S) groups is 1. The Morgan fingerprint density at radius 1 is 1.21 bits per heavy atom. The predicted octanol–water partition coefficient (Wildman–Crippen LogP) is 4.73. The maximum atomic E-state index is 12.3. The number of amides is 1. The Hall–Kier alpha value is -1.51. The maximum absolute atomic E-state index is 12.3. The van der Waals surface area contributed by atoms with Gasteiger partial charge in [-0.3, -0.25) is 4.79 Å². The van der Waals surface area contributed by atoms with Crippen LogP contribution in [0.5, 0.6) is 0 Å². The van der Waals surface area contributed by atoms with Gasteiger partial charge in [0.1, 0.15) is 0 Å². The molecule has 0 spiro atoms. The summed E-state index contributed by atoms with van der Waals surface area (Å²) in [5.74, 6) is 1.61. The van der Waals surface area contributed by atoms with Crippen molar-refractivity contribution in [3.05, 3.63) is 35.4 Å². The van der Waals surface area contributed by atoms with Gasteiger partial charge < -0.3 is 5.32 Å². The minimum Gasteiger partial charge on any atom is -0.349 e. The van der Waals surface area contributed by atoms with Crippen molar-refractivity contribution in [1.29, 1.82) is 0 Å². The zero-order chi connectivity index (χ0) is 16.9. The summed E-state index contributed by atoms with van der Waals surface area (Å²) in [6.45, 7) is 2.30. The van der Waals surface area contributed by atoms with Crippen molar-refractivity contribution in [3.63, 3.8) is 0 Å². The van der Waals surface area contributed by atoms with Crippen molar-refractivity contribution >= 4 is 23.3 Å². The molecule has 1 aromatic rings. The molecule has 1 aromatic carbocycles. The average molecular weight is 343 g/mol. The van der Waals surface area contributed by atoms with Crippen LogP contribution in [0.2, 0.25) is 0 Å². The van der Waals surface area contributed by atoms with Crippen LogP contribution in [0.4, 0.5) is 0 Å². The van der Waals surface area contributed by atoms with Gasteiger partial charge in [-0.2, -0.15) is 0 Å². The van der Waals surface area contributed by atoms with Gasteiger partial charge in [-0.05, 0) is 80.3 Å². The van der Waals surface area contributed by atoms with Gasteiger partial charge in [0.25, 0.3) is 5.91 Å². The number of hydrogen-bond acceptors (Lipinski definition) is 3. The van der Waals surface area contributed by atoms with E-state index in [4.69, 9.17) is 0 Å². The molecule has 0 saturated heterocycles. The van der Waals surface area contributed by atoms with E-state index in [-0.39, 0.29) is 18.0 Å². The molecule has 128 valence electrons. The van der Waals surface area contributed by atoms with Crippen molar-refractivity contribution < 1.29 is 4.79 Å². The normalized spacial score (nSPS) is 29.2. The van der Waals surface area contributed by atoms with E-state index in [1.165, 1.54) is 37.7 Å². The summed E-state index contributed by atoms with van der Waals surface area (Å²) in [6.07, 6.45) is 8.31. The smallest absolute Gasteiger partial charge is 0.251 e. The van der Waals surface area contributed by atoms with E-state index >= 15 is 0 Å². The Morgan fingerprint density at radius 2 is 1.88 bits per heavy atom. The van der Waals surface area contributed by atoms with E-state index in [1.807, 2.05) is 12.1 Å². The van der Waals surface area contributed by atoms with Gasteiger partial charge in [-0.1, -0.05) is 25.5 Å². The average Bonchev–Trinajstić information content (AvgIpc) is 2.60. The number of carbonyl (C=O) groups is 1. The summed E-state index contributed by atoms with van der Waals surface area (Å²) in [4.78, 5) is 16.4. The summed E-state index contributed by atoms with van der Waals surface area (Å²) in [7, 11) is 0. The summed E-state index contributed by atoms with van der Waals surface area (Å²) in [6, 6.07) is 8.70. The standard InChI is InChI=1S/C20H26N2OS/c1-2-14-3-5-15(6-4-14)16-7-9-17(10-8-16)20(23)22-19-11-18(12-19)21-13-24/h7-10,14-15,18-19H,2-6,11-12H2,1H3,(H,22,23). The van der Waals surface area contributed by atoms with Crippen molar-refractivity contribution in [2.75, 3.05) is 0 Å². The number of isothiocyanates is 1. The molecule has 0 bridgehead atoms. The number of carbonyl (C=O) groups excluding carboxylic acids is 1. The van der Waals surface area contributed by atoms with Gasteiger partial charge in [0, 0.05) is 11.6 Å². The fraction of sp³-hybridized carbons (Fsp3) is 0.600. The van der Waals surface area contributed by atoms with E-state index in [0.29, 0.717) is 5.92 Å². The highest BCUT2D eigenvalue weighted by Crippen LogP contribution is 2.36. The number of aliphatic imine (C=N–C) groups is 1. The van der Waals surface area contributed by atoms with Crippen LogP contribution in [0.1, 0.15) is 73.7 Å². The minimum absolute atomic E-state index is 0.0195. The van der Waals surface area contributed by atoms with Crippen LogP contribution >= 0.6 is 12.2 Å². The highest BCUT2D eigenvalue weighted by atomic mass is 32.1. The lowest BCUT2D eigenvalue weighted by atomic mass is 9.78. The Balaban J connectivity index is 1.51. The Morgan fingerprint density at radius 3 is 2.46 bits per heavy atom. The second kappa shape index (κ2) is 8.04. The number of nitrogens with one attached hydrogen (secondary N) is 1.